The van der Waals surface area contributed by atoms with Crippen LogP contribution in [0, 0.1) is 5.82 Å². The highest BCUT2D eigenvalue weighted by molar-refractivity contribution is 6.31. The Bertz CT molecular complexity index is 501. The van der Waals surface area contributed by atoms with E-state index in [1.165, 1.54) is 18.2 Å². The van der Waals surface area contributed by atoms with E-state index < -0.39 is 5.82 Å². The predicted molar refractivity (Wildman–Crippen MR) is 59.1 cm³/mol. The highest BCUT2D eigenvalue weighted by Crippen LogP contribution is 2.22. The highest BCUT2D eigenvalue weighted by atomic mass is 35.5. The number of nitrogens with zero attached hydrogens (tertiary/aromatic N) is 2. The van der Waals surface area contributed by atoms with E-state index in [4.69, 9.17) is 27.7 Å². The zero-order valence-electron chi connectivity index (χ0n) is 8.08. The Labute approximate surface area is 101 Å². The summed E-state index contributed by atoms with van der Waals surface area (Å²) in [5, 5.41) is 3.78. The summed E-state index contributed by atoms with van der Waals surface area (Å²) in [4.78, 5) is 4.10. The lowest BCUT2D eigenvalue weighted by Crippen LogP contribution is -1.86. The quantitative estimate of drug-likeness (QED) is 0.795. The first kappa shape index (κ1) is 11.4. The lowest BCUT2D eigenvalue weighted by Gasteiger charge is -1.96. The fourth-order valence-electron chi connectivity index (χ4n) is 1.19. The zero-order valence-corrected chi connectivity index (χ0v) is 9.59. The molecule has 84 valence electrons. The molecule has 1 heterocycles. The Morgan fingerprint density at radius 3 is 2.88 bits per heavy atom. The molecular formula is C10H7Cl2FN2O. The lowest BCUT2D eigenvalue weighted by molar-refractivity contribution is 0.383. The van der Waals surface area contributed by atoms with Crippen LogP contribution in [0.15, 0.2) is 22.7 Å². The van der Waals surface area contributed by atoms with Gasteiger partial charge in [-0.3, -0.25) is 0 Å². The Balaban J connectivity index is 2.31. The topological polar surface area (TPSA) is 38.9 Å². The van der Waals surface area contributed by atoms with Crippen LogP contribution < -0.4 is 0 Å². The van der Waals surface area contributed by atoms with Gasteiger partial charge in [0.15, 0.2) is 0 Å². The molecule has 0 bridgehead atoms. The predicted octanol–water partition coefficient (Wildman–Crippen LogP) is 3.31. The van der Waals surface area contributed by atoms with Crippen LogP contribution in [-0.2, 0) is 6.42 Å². The Kier molecular flexibility index (Phi) is 3.41. The van der Waals surface area contributed by atoms with Crippen LogP contribution in [-0.4, -0.2) is 16.0 Å². The summed E-state index contributed by atoms with van der Waals surface area (Å²) in [7, 11) is 0. The maximum absolute atomic E-state index is 12.9. The second kappa shape index (κ2) is 4.80. The summed E-state index contributed by atoms with van der Waals surface area (Å²) >= 11 is 11.2. The van der Waals surface area contributed by atoms with Crippen molar-refractivity contribution in [2.75, 3.05) is 5.88 Å². The SMILES string of the molecule is Fc1ccc(-c2noc(CCCl)n2)cc1Cl. The number of halogens is 3. The standard InChI is InChI=1S/C10H7Cl2FN2O/c11-4-3-9-14-10(15-16-9)6-1-2-8(13)7(12)5-6/h1-2,5H,3-4H2. The number of hydrogen-bond donors (Lipinski definition) is 0. The van der Waals surface area contributed by atoms with Crippen LogP contribution in [0.4, 0.5) is 4.39 Å². The van der Waals surface area contributed by atoms with Gasteiger partial charge in [0, 0.05) is 17.9 Å². The van der Waals surface area contributed by atoms with E-state index in [0.29, 0.717) is 29.6 Å². The second-order valence-corrected chi connectivity index (χ2v) is 3.86. The third kappa shape index (κ3) is 2.33. The van der Waals surface area contributed by atoms with E-state index in [1.807, 2.05) is 0 Å². The molecule has 0 aliphatic rings. The van der Waals surface area contributed by atoms with E-state index in [2.05, 4.69) is 10.1 Å². The number of aryl methyl sites for hydroxylation is 1. The van der Waals surface area contributed by atoms with Crippen molar-refractivity contribution in [3.05, 3.63) is 34.9 Å². The molecule has 16 heavy (non-hydrogen) atoms. The van der Waals surface area contributed by atoms with Gasteiger partial charge < -0.3 is 4.52 Å². The molecule has 1 aromatic carbocycles. The summed E-state index contributed by atoms with van der Waals surface area (Å²) in [6.07, 6.45) is 0.503. The normalized spacial score (nSPS) is 10.7. The molecule has 0 aliphatic carbocycles. The molecule has 0 aliphatic heterocycles. The fraction of sp³-hybridized carbons (Fsp3) is 0.200. The summed E-state index contributed by atoms with van der Waals surface area (Å²) < 4.78 is 17.9. The van der Waals surface area contributed by atoms with E-state index in [0.717, 1.165) is 0 Å². The molecule has 2 rings (SSSR count). The van der Waals surface area contributed by atoms with Crippen LogP contribution in [0.25, 0.3) is 11.4 Å². The van der Waals surface area contributed by atoms with Crippen molar-refractivity contribution < 1.29 is 8.91 Å². The number of rotatable bonds is 3. The van der Waals surface area contributed by atoms with Gasteiger partial charge in [-0.25, -0.2) is 4.39 Å². The van der Waals surface area contributed by atoms with Crippen LogP contribution in [0.5, 0.6) is 0 Å². The number of hydrogen-bond acceptors (Lipinski definition) is 3. The highest BCUT2D eigenvalue weighted by Gasteiger charge is 2.09. The van der Waals surface area contributed by atoms with Gasteiger partial charge in [-0.2, -0.15) is 4.98 Å². The molecule has 0 atom stereocenters. The number of benzene rings is 1. The Morgan fingerprint density at radius 2 is 2.19 bits per heavy atom. The minimum absolute atomic E-state index is 0.0289. The third-order valence-corrected chi connectivity index (χ3v) is 2.43. The van der Waals surface area contributed by atoms with E-state index in [9.17, 15) is 4.39 Å². The molecule has 0 unspecified atom stereocenters. The largest absolute Gasteiger partial charge is 0.339 e. The van der Waals surface area contributed by atoms with Crippen molar-refractivity contribution in [3.8, 4) is 11.4 Å². The van der Waals surface area contributed by atoms with E-state index in [1.54, 1.807) is 0 Å². The van der Waals surface area contributed by atoms with Gasteiger partial charge in [0.05, 0.1) is 5.02 Å². The van der Waals surface area contributed by atoms with Crippen molar-refractivity contribution in [3.63, 3.8) is 0 Å². The summed E-state index contributed by atoms with van der Waals surface area (Å²) in [5.41, 5.74) is 0.607. The molecule has 0 fully saturated rings. The van der Waals surface area contributed by atoms with E-state index in [-0.39, 0.29) is 5.02 Å². The molecule has 3 nitrogen and oxygen atoms in total. The van der Waals surface area contributed by atoms with Crippen LogP contribution in [0.3, 0.4) is 0 Å². The maximum atomic E-state index is 12.9. The molecule has 2 aromatic rings. The summed E-state index contributed by atoms with van der Waals surface area (Å²) in [6.45, 7) is 0. The summed E-state index contributed by atoms with van der Waals surface area (Å²) in [6, 6.07) is 4.25. The summed E-state index contributed by atoms with van der Waals surface area (Å²) in [5.74, 6) is 0.758. The molecule has 0 N–H and O–H groups in total. The van der Waals surface area contributed by atoms with Crippen molar-refractivity contribution in [1.82, 2.24) is 10.1 Å². The number of aromatic nitrogens is 2. The molecule has 0 spiro atoms. The van der Waals surface area contributed by atoms with Gasteiger partial charge in [0.2, 0.25) is 11.7 Å². The van der Waals surface area contributed by atoms with Crippen LogP contribution in [0.1, 0.15) is 5.89 Å². The van der Waals surface area contributed by atoms with Gasteiger partial charge in [-0.1, -0.05) is 16.8 Å². The number of alkyl halides is 1. The minimum Gasteiger partial charge on any atom is -0.339 e. The Morgan fingerprint density at radius 1 is 1.38 bits per heavy atom. The van der Waals surface area contributed by atoms with Gasteiger partial charge in [-0.15, -0.1) is 11.6 Å². The maximum Gasteiger partial charge on any atom is 0.228 e. The first-order chi connectivity index (χ1) is 7.70. The van der Waals surface area contributed by atoms with Gasteiger partial charge in [0.25, 0.3) is 0 Å². The third-order valence-electron chi connectivity index (χ3n) is 1.95. The van der Waals surface area contributed by atoms with Crippen LogP contribution >= 0.6 is 23.2 Å². The molecule has 1 aromatic heterocycles. The van der Waals surface area contributed by atoms with Crippen molar-refractivity contribution in [2.45, 2.75) is 6.42 Å². The van der Waals surface area contributed by atoms with E-state index >= 15 is 0 Å². The molecular weight excluding hydrogens is 254 g/mol. The fourth-order valence-corrected chi connectivity index (χ4v) is 1.53. The first-order valence-corrected chi connectivity index (χ1v) is 5.46. The second-order valence-electron chi connectivity index (χ2n) is 3.08. The van der Waals surface area contributed by atoms with Crippen molar-refractivity contribution >= 4 is 23.2 Å². The van der Waals surface area contributed by atoms with Gasteiger partial charge in [0.1, 0.15) is 5.82 Å². The van der Waals surface area contributed by atoms with Crippen molar-refractivity contribution in [2.24, 2.45) is 0 Å². The molecule has 0 saturated carbocycles. The smallest absolute Gasteiger partial charge is 0.228 e. The Hall–Kier alpha value is -1.13. The zero-order chi connectivity index (χ0) is 11.5. The minimum atomic E-state index is -0.477. The van der Waals surface area contributed by atoms with Crippen molar-refractivity contribution in [1.29, 1.82) is 0 Å². The average molecular weight is 261 g/mol. The van der Waals surface area contributed by atoms with Gasteiger partial charge in [-0.05, 0) is 18.2 Å². The molecule has 6 heteroatoms. The molecule has 0 saturated heterocycles. The molecule has 0 radical (unpaired) electrons. The van der Waals surface area contributed by atoms with Crippen LogP contribution in [0.2, 0.25) is 5.02 Å². The molecule has 0 amide bonds. The average Bonchev–Trinajstić information content (AvgIpc) is 2.71. The monoisotopic (exact) mass is 260 g/mol. The van der Waals surface area contributed by atoms with Gasteiger partial charge >= 0.3 is 0 Å². The first-order valence-electron chi connectivity index (χ1n) is 4.54. The lowest BCUT2D eigenvalue weighted by atomic mass is 10.2.